The molecule has 1 N–H and O–H groups in total. The van der Waals surface area contributed by atoms with E-state index in [4.69, 9.17) is 14.2 Å². The molecular formula is C17H28N2O3. The van der Waals surface area contributed by atoms with Crippen molar-refractivity contribution in [3.05, 3.63) is 23.8 Å². The summed E-state index contributed by atoms with van der Waals surface area (Å²) in [6.45, 7) is 8.62. The highest BCUT2D eigenvalue weighted by Gasteiger charge is 2.22. The van der Waals surface area contributed by atoms with Gasteiger partial charge in [-0.3, -0.25) is 4.90 Å². The largest absolute Gasteiger partial charge is 0.493 e. The maximum Gasteiger partial charge on any atom is 0.161 e. The molecule has 0 amide bonds. The Balaban J connectivity index is 2.02. The molecule has 1 heterocycles. The number of hydrogen-bond acceptors (Lipinski definition) is 5. The van der Waals surface area contributed by atoms with Gasteiger partial charge in [-0.05, 0) is 31.5 Å². The predicted octanol–water partition coefficient (Wildman–Crippen LogP) is 1.90. The first-order valence-corrected chi connectivity index (χ1v) is 7.90. The highest BCUT2D eigenvalue weighted by molar-refractivity contribution is 5.43. The van der Waals surface area contributed by atoms with E-state index in [2.05, 4.69) is 36.2 Å². The number of nitrogens with zero attached hydrogens (tertiary/aromatic N) is 1. The first-order chi connectivity index (χ1) is 10.6. The number of benzene rings is 1. The zero-order valence-electron chi connectivity index (χ0n) is 14.1. The smallest absolute Gasteiger partial charge is 0.161 e. The van der Waals surface area contributed by atoms with Crippen LogP contribution in [0, 0.1) is 0 Å². The van der Waals surface area contributed by atoms with E-state index in [1.807, 2.05) is 6.07 Å². The van der Waals surface area contributed by atoms with Gasteiger partial charge in [-0.25, -0.2) is 0 Å². The van der Waals surface area contributed by atoms with Crippen LogP contribution in [0.3, 0.4) is 0 Å². The quantitative estimate of drug-likeness (QED) is 0.779. The third kappa shape index (κ3) is 4.60. The Morgan fingerprint density at radius 3 is 2.73 bits per heavy atom. The second-order valence-corrected chi connectivity index (χ2v) is 5.91. The van der Waals surface area contributed by atoms with Gasteiger partial charge in [0.1, 0.15) is 6.61 Å². The Bertz CT molecular complexity index is 467. The molecule has 1 aromatic rings. The second-order valence-electron chi connectivity index (χ2n) is 5.91. The Kier molecular flexibility index (Phi) is 6.49. The second kappa shape index (κ2) is 8.36. The standard InChI is InChI=1S/C17H28N2O3/c1-13-11-19(14(2)10-18-13)12-15-5-6-16(17(9-15)21-4)22-8-7-20-3/h5-6,9,13-14,18H,7-8,10-12H2,1-4H3. The van der Waals surface area contributed by atoms with E-state index in [9.17, 15) is 0 Å². The molecule has 0 saturated carbocycles. The van der Waals surface area contributed by atoms with Crippen LogP contribution in [0.5, 0.6) is 11.5 Å². The van der Waals surface area contributed by atoms with Crippen molar-refractivity contribution in [2.45, 2.75) is 32.5 Å². The van der Waals surface area contributed by atoms with Crippen molar-refractivity contribution < 1.29 is 14.2 Å². The van der Waals surface area contributed by atoms with Crippen molar-refractivity contribution in [2.24, 2.45) is 0 Å². The average Bonchev–Trinajstić information content (AvgIpc) is 2.52. The number of hydrogen-bond donors (Lipinski definition) is 1. The maximum absolute atomic E-state index is 5.68. The third-order valence-corrected chi connectivity index (χ3v) is 4.05. The minimum Gasteiger partial charge on any atom is -0.493 e. The minimum atomic E-state index is 0.526. The normalized spacial score (nSPS) is 22.5. The minimum absolute atomic E-state index is 0.526. The molecule has 1 aromatic carbocycles. The molecule has 0 radical (unpaired) electrons. The summed E-state index contributed by atoms with van der Waals surface area (Å²) in [6, 6.07) is 7.25. The van der Waals surface area contributed by atoms with Gasteiger partial charge in [0.25, 0.3) is 0 Å². The summed E-state index contributed by atoms with van der Waals surface area (Å²) in [6.07, 6.45) is 0. The van der Waals surface area contributed by atoms with Gasteiger partial charge in [0.05, 0.1) is 13.7 Å². The summed E-state index contributed by atoms with van der Waals surface area (Å²) in [4.78, 5) is 2.50. The van der Waals surface area contributed by atoms with Gasteiger partial charge >= 0.3 is 0 Å². The molecule has 2 rings (SSSR count). The molecule has 1 fully saturated rings. The molecular weight excluding hydrogens is 280 g/mol. The SMILES string of the molecule is COCCOc1ccc(CN2CC(C)NCC2C)cc1OC. The molecule has 0 bridgehead atoms. The van der Waals surface area contributed by atoms with E-state index in [0.29, 0.717) is 25.3 Å². The summed E-state index contributed by atoms with van der Waals surface area (Å²) < 4.78 is 16.1. The molecule has 22 heavy (non-hydrogen) atoms. The molecule has 5 nitrogen and oxygen atoms in total. The molecule has 5 heteroatoms. The van der Waals surface area contributed by atoms with Crippen molar-refractivity contribution >= 4 is 0 Å². The van der Waals surface area contributed by atoms with Crippen molar-refractivity contribution in [3.63, 3.8) is 0 Å². The zero-order chi connectivity index (χ0) is 15.9. The number of piperazine rings is 1. The van der Waals surface area contributed by atoms with E-state index in [1.165, 1.54) is 5.56 Å². The van der Waals surface area contributed by atoms with Gasteiger partial charge in [-0.1, -0.05) is 6.07 Å². The monoisotopic (exact) mass is 308 g/mol. The zero-order valence-corrected chi connectivity index (χ0v) is 14.1. The fourth-order valence-electron chi connectivity index (χ4n) is 2.72. The summed E-state index contributed by atoms with van der Waals surface area (Å²) in [5, 5.41) is 3.51. The van der Waals surface area contributed by atoms with Crippen LogP contribution in [0.15, 0.2) is 18.2 Å². The van der Waals surface area contributed by atoms with Gasteiger partial charge in [-0.15, -0.1) is 0 Å². The van der Waals surface area contributed by atoms with Crippen molar-refractivity contribution in [1.29, 1.82) is 0 Å². The fourth-order valence-corrected chi connectivity index (χ4v) is 2.72. The Hall–Kier alpha value is -1.30. The van der Waals surface area contributed by atoms with Crippen LogP contribution in [0.1, 0.15) is 19.4 Å². The Morgan fingerprint density at radius 2 is 2.00 bits per heavy atom. The van der Waals surface area contributed by atoms with Crippen LogP contribution < -0.4 is 14.8 Å². The molecule has 0 aliphatic carbocycles. The summed E-state index contributed by atoms with van der Waals surface area (Å²) in [5.74, 6) is 1.55. The number of rotatable bonds is 7. The van der Waals surface area contributed by atoms with Crippen LogP contribution in [0.4, 0.5) is 0 Å². The van der Waals surface area contributed by atoms with Gasteiger partial charge in [0, 0.05) is 38.8 Å². The van der Waals surface area contributed by atoms with Crippen molar-refractivity contribution in [1.82, 2.24) is 10.2 Å². The fraction of sp³-hybridized carbons (Fsp3) is 0.647. The molecule has 2 unspecified atom stereocenters. The van der Waals surface area contributed by atoms with Gasteiger partial charge in [0.2, 0.25) is 0 Å². The lowest BCUT2D eigenvalue weighted by atomic mass is 10.1. The molecule has 2 atom stereocenters. The maximum atomic E-state index is 5.68. The number of ether oxygens (including phenoxy) is 3. The first-order valence-electron chi connectivity index (χ1n) is 7.90. The number of nitrogens with one attached hydrogen (secondary N) is 1. The first kappa shape index (κ1) is 17.1. The van der Waals surface area contributed by atoms with Crippen LogP contribution in [-0.4, -0.2) is 57.5 Å². The van der Waals surface area contributed by atoms with E-state index < -0.39 is 0 Å². The van der Waals surface area contributed by atoms with Crippen molar-refractivity contribution in [2.75, 3.05) is 40.5 Å². The molecule has 1 aliphatic heterocycles. The lowest BCUT2D eigenvalue weighted by Gasteiger charge is -2.37. The van der Waals surface area contributed by atoms with E-state index in [-0.39, 0.29) is 0 Å². The summed E-state index contributed by atoms with van der Waals surface area (Å²) in [5.41, 5.74) is 1.25. The summed E-state index contributed by atoms with van der Waals surface area (Å²) >= 11 is 0. The lowest BCUT2D eigenvalue weighted by molar-refractivity contribution is 0.138. The van der Waals surface area contributed by atoms with Crippen molar-refractivity contribution in [3.8, 4) is 11.5 Å². The van der Waals surface area contributed by atoms with Crippen LogP contribution >= 0.6 is 0 Å². The molecule has 124 valence electrons. The van der Waals surface area contributed by atoms with Gasteiger partial charge in [0.15, 0.2) is 11.5 Å². The molecule has 1 aliphatic rings. The Labute approximate surface area is 133 Å². The highest BCUT2D eigenvalue weighted by Crippen LogP contribution is 2.29. The van der Waals surface area contributed by atoms with Crippen LogP contribution in [0.2, 0.25) is 0 Å². The molecule has 0 spiro atoms. The van der Waals surface area contributed by atoms with Crippen LogP contribution in [0.25, 0.3) is 0 Å². The van der Waals surface area contributed by atoms with Crippen LogP contribution in [-0.2, 0) is 11.3 Å². The van der Waals surface area contributed by atoms with Gasteiger partial charge < -0.3 is 19.5 Å². The van der Waals surface area contributed by atoms with E-state index in [1.54, 1.807) is 14.2 Å². The number of methoxy groups -OCH3 is 2. The van der Waals surface area contributed by atoms with Gasteiger partial charge in [-0.2, -0.15) is 0 Å². The van der Waals surface area contributed by atoms with E-state index in [0.717, 1.165) is 31.1 Å². The van der Waals surface area contributed by atoms with E-state index >= 15 is 0 Å². The summed E-state index contributed by atoms with van der Waals surface area (Å²) in [7, 11) is 3.34. The molecule has 0 aromatic heterocycles. The highest BCUT2D eigenvalue weighted by atomic mass is 16.5. The molecule has 1 saturated heterocycles. The topological polar surface area (TPSA) is 43.0 Å². The predicted molar refractivity (Wildman–Crippen MR) is 87.7 cm³/mol. The Morgan fingerprint density at radius 1 is 1.18 bits per heavy atom. The lowest BCUT2D eigenvalue weighted by Crippen LogP contribution is -2.53. The third-order valence-electron chi connectivity index (χ3n) is 4.05. The average molecular weight is 308 g/mol.